The second-order valence-corrected chi connectivity index (χ2v) is 12.3. The van der Waals surface area contributed by atoms with Crippen LogP contribution in [0.3, 0.4) is 0 Å². The summed E-state index contributed by atoms with van der Waals surface area (Å²) in [5.41, 5.74) is 0.0980. The van der Waals surface area contributed by atoms with E-state index in [1.54, 1.807) is 0 Å². The van der Waals surface area contributed by atoms with E-state index < -0.39 is 0 Å². The van der Waals surface area contributed by atoms with Gasteiger partial charge in [0.1, 0.15) is 6.54 Å². The molecule has 0 heterocycles. The van der Waals surface area contributed by atoms with Gasteiger partial charge in [-0.05, 0) is 69.1 Å². The van der Waals surface area contributed by atoms with Gasteiger partial charge in [-0.15, -0.1) is 0 Å². The summed E-state index contributed by atoms with van der Waals surface area (Å²) in [7, 11) is 4.61. The topological polar surface area (TPSA) is 17.1 Å². The fourth-order valence-corrected chi connectivity index (χ4v) is 7.47. The molecule has 4 aliphatic rings. The first-order chi connectivity index (χ1) is 14.4. The normalized spacial score (nSPS) is 29.2. The van der Waals surface area contributed by atoms with Crippen LogP contribution in [0.4, 0.5) is 0 Å². The predicted molar refractivity (Wildman–Crippen MR) is 129 cm³/mol. The summed E-state index contributed by atoms with van der Waals surface area (Å²) in [6, 6.07) is 0. The summed E-state index contributed by atoms with van der Waals surface area (Å²) >= 11 is 0. The van der Waals surface area contributed by atoms with Crippen molar-refractivity contribution in [3.8, 4) is 0 Å². The van der Waals surface area contributed by atoms with Gasteiger partial charge in [-0.2, -0.15) is 0 Å². The van der Waals surface area contributed by atoms with Crippen molar-refractivity contribution in [2.45, 2.75) is 122 Å². The molecule has 4 saturated carbocycles. The summed E-state index contributed by atoms with van der Waals surface area (Å²) in [5.74, 6) is 3.27. The Morgan fingerprint density at radius 1 is 0.710 bits per heavy atom. The first kappa shape index (κ1) is 27.4. The molecular weight excluding hydrogens is 446 g/mol. The number of quaternary nitrogens is 1. The highest BCUT2D eigenvalue weighted by atomic mass is 79.9. The Morgan fingerprint density at radius 2 is 1.10 bits per heavy atom. The standard InChI is InChI=1S/C28H52NO.BrH/c1-4-5-6-7-8-9-10-11-12-13-14-15-16-29(2,3)23-27(30)28-20-24-17-25(21-28)19-26(18-24)22-28;/h24-26H,4-23H2,1-3H3;1H/q+1;/p-1. The van der Waals surface area contributed by atoms with Gasteiger partial charge in [0.05, 0.1) is 20.6 Å². The minimum absolute atomic E-state index is 0. The predicted octanol–water partition coefficient (Wildman–Crippen LogP) is 4.55. The third-order valence-electron chi connectivity index (χ3n) is 8.82. The van der Waals surface area contributed by atoms with Crippen LogP contribution < -0.4 is 17.0 Å². The maximum atomic E-state index is 13.4. The van der Waals surface area contributed by atoms with E-state index >= 15 is 0 Å². The molecule has 0 aliphatic heterocycles. The van der Waals surface area contributed by atoms with Crippen molar-refractivity contribution in [2.24, 2.45) is 23.2 Å². The second kappa shape index (κ2) is 13.1. The number of nitrogens with zero attached hydrogens (tertiary/aromatic N) is 1. The van der Waals surface area contributed by atoms with Gasteiger partial charge in [-0.3, -0.25) is 4.79 Å². The zero-order valence-electron chi connectivity index (χ0n) is 21.1. The van der Waals surface area contributed by atoms with Crippen LogP contribution in [0.5, 0.6) is 0 Å². The monoisotopic (exact) mass is 497 g/mol. The number of hydrogen-bond acceptors (Lipinski definition) is 1. The van der Waals surface area contributed by atoms with Gasteiger partial charge in [-0.25, -0.2) is 0 Å². The van der Waals surface area contributed by atoms with Gasteiger partial charge >= 0.3 is 0 Å². The Labute approximate surface area is 204 Å². The van der Waals surface area contributed by atoms with Crippen molar-refractivity contribution in [1.29, 1.82) is 0 Å². The van der Waals surface area contributed by atoms with Crippen LogP contribution in [0.2, 0.25) is 0 Å². The molecule has 0 N–H and O–H groups in total. The van der Waals surface area contributed by atoms with Crippen LogP contribution >= 0.6 is 0 Å². The zero-order valence-corrected chi connectivity index (χ0v) is 22.7. The average Bonchev–Trinajstić information content (AvgIpc) is 2.67. The molecule has 0 radical (unpaired) electrons. The van der Waals surface area contributed by atoms with Crippen LogP contribution in [-0.2, 0) is 4.79 Å². The van der Waals surface area contributed by atoms with Crippen LogP contribution in [0.25, 0.3) is 0 Å². The van der Waals surface area contributed by atoms with Gasteiger partial charge < -0.3 is 21.5 Å². The van der Waals surface area contributed by atoms with E-state index in [9.17, 15) is 4.79 Å². The Hall–Kier alpha value is 0.110. The van der Waals surface area contributed by atoms with Crippen molar-refractivity contribution in [2.75, 3.05) is 27.2 Å². The summed E-state index contributed by atoms with van der Waals surface area (Å²) in [5, 5.41) is 0. The van der Waals surface area contributed by atoms with Gasteiger partial charge in [0.25, 0.3) is 0 Å². The summed E-state index contributed by atoms with van der Waals surface area (Å²) in [4.78, 5) is 13.4. The van der Waals surface area contributed by atoms with Crippen LogP contribution in [0, 0.1) is 23.2 Å². The lowest BCUT2D eigenvalue weighted by Gasteiger charge is -2.56. The molecule has 0 saturated heterocycles. The zero-order chi connectivity index (χ0) is 21.5. The molecule has 0 amide bonds. The second-order valence-electron chi connectivity index (χ2n) is 12.3. The number of ketones is 1. The Bertz CT molecular complexity index is 494. The lowest BCUT2D eigenvalue weighted by molar-refractivity contribution is -0.882. The van der Waals surface area contributed by atoms with E-state index in [1.165, 1.54) is 122 Å². The van der Waals surface area contributed by atoms with Gasteiger partial charge in [0.2, 0.25) is 0 Å². The highest BCUT2D eigenvalue weighted by Gasteiger charge is 2.55. The first-order valence-corrected chi connectivity index (χ1v) is 13.8. The molecule has 2 nitrogen and oxygen atoms in total. The van der Waals surface area contributed by atoms with Crippen LogP contribution in [0.15, 0.2) is 0 Å². The Morgan fingerprint density at radius 3 is 1.52 bits per heavy atom. The Balaban J connectivity index is 0.00000341. The van der Waals surface area contributed by atoms with Gasteiger partial charge in [-0.1, -0.05) is 71.1 Å². The van der Waals surface area contributed by atoms with E-state index in [-0.39, 0.29) is 22.4 Å². The highest BCUT2D eigenvalue weighted by Crippen LogP contribution is 2.60. The Kier molecular flexibility index (Phi) is 11.6. The molecule has 182 valence electrons. The smallest absolute Gasteiger partial charge is 0.192 e. The van der Waals surface area contributed by atoms with E-state index in [0.29, 0.717) is 5.78 Å². The van der Waals surface area contributed by atoms with Gasteiger partial charge in [0, 0.05) is 5.41 Å². The minimum atomic E-state index is 0. The third-order valence-corrected chi connectivity index (χ3v) is 8.82. The molecule has 0 aromatic heterocycles. The molecule has 31 heavy (non-hydrogen) atoms. The molecule has 4 fully saturated rings. The molecule has 0 atom stereocenters. The van der Waals surface area contributed by atoms with Crippen molar-refractivity contribution in [1.82, 2.24) is 0 Å². The number of unbranched alkanes of at least 4 members (excludes halogenated alkanes) is 11. The molecule has 4 rings (SSSR count). The number of hydrogen-bond donors (Lipinski definition) is 0. The minimum Gasteiger partial charge on any atom is -1.00 e. The van der Waals surface area contributed by atoms with E-state index in [1.807, 2.05) is 0 Å². The number of carbonyl (C=O) groups excluding carboxylic acids is 1. The number of halogens is 1. The van der Waals surface area contributed by atoms with Crippen molar-refractivity contribution < 1.29 is 26.3 Å². The first-order valence-electron chi connectivity index (χ1n) is 13.8. The molecule has 4 aliphatic carbocycles. The van der Waals surface area contributed by atoms with Crippen molar-refractivity contribution >= 4 is 5.78 Å². The number of Topliss-reactive ketones (excluding diaryl/α,β-unsaturated/α-hetero) is 1. The van der Waals surface area contributed by atoms with Crippen molar-refractivity contribution in [3.63, 3.8) is 0 Å². The van der Waals surface area contributed by atoms with E-state index in [0.717, 1.165) is 28.8 Å². The summed E-state index contributed by atoms with van der Waals surface area (Å²) < 4.78 is 0.915. The molecule has 0 spiro atoms. The maximum Gasteiger partial charge on any atom is 0.192 e. The van der Waals surface area contributed by atoms with Crippen LogP contribution in [-0.4, -0.2) is 37.5 Å². The molecular formula is C28H52BrNO. The third kappa shape index (κ3) is 8.43. The molecule has 4 bridgehead atoms. The summed E-state index contributed by atoms with van der Waals surface area (Å²) in [6.45, 7) is 4.25. The maximum absolute atomic E-state index is 13.4. The molecule has 3 heteroatoms. The average molecular weight is 499 g/mol. The number of likely N-dealkylation sites (N-methyl/N-ethyl adjacent to an activating group) is 1. The van der Waals surface area contributed by atoms with E-state index in [2.05, 4.69) is 21.0 Å². The number of rotatable bonds is 16. The molecule has 0 aromatic rings. The summed E-state index contributed by atoms with van der Waals surface area (Å²) in [6.07, 6.45) is 24.9. The fourth-order valence-electron chi connectivity index (χ4n) is 7.47. The fraction of sp³-hybridized carbons (Fsp3) is 0.964. The quantitative estimate of drug-likeness (QED) is 0.225. The van der Waals surface area contributed by atoms with Crippen molar-refractivity contribution in [3.05, 3.63) is 0 Å². The largest absolute Gasteiger partial charge is 1.00 e. The molecule has 0 aromatic carbocycles. The van der Waals surface area contributed by atoms with E-state index in [4.69, 9.17) is 0 Å². The lowest BCUT2D eigenvalue weighted by atomic mass is 9.48. The lowest BCUT2D eigenvalue weighted by Crippen LogP contribution is -3.00. The molecule has 0 unspecified atom stereocenters. The van der Waals surface area contributed by atoms with Crippen LogP contribution in [0.1, 0.15) is 122 Å². The van der Waals surface area contributed by atoms with Gasteiger partial charge in [0.15, 0.2) is 5.78 Å². The highest BCUT2D eigenvalue weighted by molar-refractivity contribution is 5.86. The number of carbonyl (C=O) groups is 1. The SMILES string of the molecule is CCCCCCCCCCCCCC[N+](C)(C)CC(=O)C12CC3CC(CC(C3)C1)C2.[Br-].